The molecule has 0 saturated heterocycles. The Morgan fingerprint density at radius 3 is 2.60 bits per heavy atom. The third-order valence-corrected chi connectivity index (χ3v) is 10.6. The summed E-state index contributed by atoms with van der Waals surface area (Å²) < 4.78 is 31.0. The van der Waals surface area contributed by atoms with Gasteiger partial charge in [-0.2, -0.15) is 0 Å². The summed E-state index contributed by atoms with van der Waals surface area (Å²) in [5.74, 6) is -0.986. The van der Waals surface area contributed by atoms with Gasteiger partial charge in [-0.25, -0.2) is 14.8 Å². The van der Waals surface area contributed by atoms with Gasteiger partial charge in [-0.05, 0) is 58.5 Å². The number of methoxy groups -OCH3 is 1. The highest BCUT2D eigenvalue weighted by molar-refractivity contribution is 9.10. The molecule has 52 heavy (non-hydrogen) atoms. The van der Waals surface area contributed by atoms with Gasteiger partial charge < -0.3 is 33.7 Å². The molecule has 266 valence electrons. The number of halogens is 1. The number of ether oxygens (including phenoxy) is 3. The number of carbonyl (C=O) groups is 3. The molecule has 12 nitrogen and oxygen atoms in total. The number of aryl methyl sites for hydroxylation is 1. The van der Waals surface area contributed by atoms with Crippen LogP contribution >= 0.6 is 15.9 Å². The van der Waals surface area contributed by atoms with Crippen molar-refractivity contribution in [3.63, 3.8) is 0 Å². The summed E-state index contributed by atoms with van der Waals surface area (Å²) in [7, 11) is 1.27. The summed E-state index contributed by atoms with van der Waals surface area (Å²) in [6, 6.07) is 20.3. The minimum atomic E-state index is -1.12. The van der Waals surface area contributed by atoms with Gasteiger partial charge in [0.2, 0.25) is 17.7 Å². The molecule has 3 aromatic carbocycles. The standard InChI is InChI=1S/C39H35BrN4O8/c1-19(2)29-35-43-32(36-42-30(20(3)50-36)37(47)48-4)33(52-35)39-24-11-8-12-26(40)31(24)44-38(39)51-27-14-13-22(16-25(27)39)15-23(34(46)41-29)17-28(45)49-18-21-9-6-5-7-10-21/h5-14,16,19,23,29,38,44H,15,17-18H2,1-4H3,(H,41,46)/t23-,29+,38+,39?/m1/s1. The number of carbonyl (C=O) groups excluding carboxylic acids is 3. The van der Waals surface area contributed by atoms with E-state index in [1.165, 1.54) is 7.11 Å². The van der Waals surface area contributed by atoms with Crippen molar-refractivity contribution in [2.24, 2.45) is 11.8 Å². The fraction of sp³-hybridized carbons (Fsp3) is 0.308. The third-order valence-electron chi connectivity index (χ3n) is 9.94. The Kier molecular flexibility index (Phi) is 8.40. The van der Waals surface area contributed by atoms with Crippen molar-refractivity contribution in [2.75, 3.05) is 12.4 Å². The molecule has 5 heterocycles. The summed E-state index contributed by atoms with van der Waals surface area (Å²) in [5.41, 5.74) is 3.23. The maximum absolute atomic E-state index is 14.2. The zero-order valence-electron chi connectivity index (χ0n) is 28.8. The second-order valence-corrected chi connectivity index (χ2v) is 14.4. The number of hydrogen-bond acceptors (Lipinski definition) is 11. The van der Waals surface area contributed by atoms with Crippen molar-refractivity contribution < 1.29 is 37.4 Å². The molecule has 8 rings (SSSR count). The topological polar surface area (TPSA) is 155 Å². The number of oxazole rings is 2. The SMILES string of the molecule is COC(=O)c1nc(-c2nc3oc2C24c5cc(ccc5O[C@@H]2Nc2c(Br)cccc24)C[C@H](CC(=O)OCc2ccccc2)C(=O)N[C@H]3C(C)C)oc1C. The van der Waals surface area contributed by atoms with Crippen LogP contribution in [-0.4, -0.2) is 41.2 Å². The van der Waals surface area contributed by atoms with Gasteiger partial charge in [0.25, 0.3) is 0 Å². The summed E-state index contributed by atoms with van der Waals surface area (Å²) in [5, 5.41) is 6.69. The second-order valence-electron chi connectivity index (χ2n) is 13.6. The zero-order valence-corrected chi connectivity index (χ0v) is 30.4. The van der Waals surface area contributed by atoms with Crippen LogP contribution in [0.25, 0.3) is 11.6 Å². The van der Waals surface area contributed by atoms with Gasteiger partial charge in [-0.3, -0.25) is 9.59 Å². The molecule has 0 saturated carbocycles. The Labute approximate surface area is 307 Å². The van der Waals surface area contributed by atoms with E-state index in [1.54, 1.807) is 6.92 Å². The lowest BCUT2D eigenvalue weighted by Crippen LogP contribution is -2.40. The largest absolute Gasteiger partial charge is 0.469 e. The molecule has 2 N–H and O–H groups in total. The number of fused-ring (bicyclic) bond motifs is 4. The van der Waals surface area contributed by atoms with E-state index in [1.807, 2.05) is 80.6 Å². The van der Waals surface area contributed by atoms with E-state index < -0.39 is 35.5 Å². The van der Waals surface area contributed by atoms with Crippen LogP contribution in [0.15, 0.2) is 80.0 Å². The number of benzene rings is 3. The molecule has 3 aliphatic rings. The van der Waals surface area contributed by atoms with E-state index >= 15 is 0 Å². The van der Waals surface area contributed by atoms with Crippen LogP contribution < -0.4 is 15.4 Å². The van der Waals surface area contributed by atoms with Crippen molar-refractivity contribution in [1.82, 2.24) is 15.3 Å². The third kappa shape index (κ3) is 5.45. The minimum Gasteiger partial charge on any atom is -0.469 e. The maximum atomic E-state index is 14.2. The van der Waals surface area contributed by atoms with Gasteiger partial charge in [0, 0.05) is 15.6 Å². The highest BCUT2D eigenvalue weighted by atomic mass is 79.9. The molecule has 0 radical (unpaired) electrons. The molecule has 13 heteroatoms. The molecule has 1 spiro atoms. The van der Waals surface area contributed by atoms with Crippen LogP contribution in [0.3, 0.4) is 0 Å². The van der Waals surface area contributed by atoms with Gasteiger partial charge in [-0.1, -0.05) is 68.4 Å². The number of aromatic nitrogens is 2. The number of hydrogen-bond donors (Lipinski definition) is 2. The fourth-order valence-electron chi connectivity index (χ4n) is 7.38. The minimum absolute atomic E-state index is 0.00807. The average Bonchev–Trinajstić information content (AvgIpc) is 3.89. The molecular formula is C39H35BrN4O8. The molecule has 1 amide bonds. The molecule has 4 atom stereocenters. The van der Waals surface area contributed by atoms with E-state index in [4.69, 9.17) is 28.0 Å². The van der Waals surface area contributed by atoms with Crippen LogP contribution in [-0.2, 0) is 37.5 Å². The van der Waals surface area contributed by atoms with E-state index in [2.05, 4.69) is 31.5 Å². The van der Waals surface area contributed by atoms with Gasteiger partial charge in [0.05, 0.1) is 25.1 Å². The second kappa shape index (κ2) is 13.0. The summed E-state index contributed by atoms with van der Waals surface area (Å²) >= 11 is 3.72. The van der Waals surface area contributed by atoms with Crippen LogP contribution in [0.2, 0.25) is 0 Å². The fourth-order valence-corrected chi connectivity index (χ4v) is 7.86. The molecule has 1 unspecified atom stereocenters. The number of amides is 1. The lowest BCUT2D eigenvalue weighted by Gasteiger charge is -2.28. The predicted molar refractivity (Wildman–Crippen MR) is 190 cm³/mol. The first-order chi connectivity index (χ1) is 25.1. The van der Waals surface area contributed by atoms with Crippen LogP contribution in [0.1, 0.15) is 76.5 Å². The Morgan fingerprint density at radius 2 is 1.83 bits per heavy atom. The number of nitrogens with one attached hydrogen (secondary N) is 2. The molecule has 2 aromatic heterocycles. The smallest absolute Gasteiger partial charge is 0.360 e. The highest BCUT2D eigenvalue weighted by Crippen LogP contribution is 2.60. The van der Waals surface area contributed by atoms with Gasteiger partial charge in [-0.15, -0.1) is 0 Å². The predicted octanol–water partition coefficient (Wildman–Crippen LogP) is 6.78. The molecule has 0 fully saturated rings. The Hall–Kier alpha value is -5.43. The summed E-state index contributed by atoms with van der Waals surface area (Å²) in [6.45, 7) is 5.61. The maximum Gasteiger partial charge on any atom is 0.360 e. The monoisotopic (exact) mass is 766 g/mol. The summed E-state index contributed by atoms with van der Waals surface area (Å²) in [4.78, 5) is 49.6. The highest BCUT2D eigenvalue weighted by Gasteiger charge is 2.61. The Bertz CT molecular complexity index is 2230. The van der Waals surface area contributed by atoms with E-state index in [-0.39, 0.29) is 60.2 Å². The molecule has 3 aliphatic heterocycles. The molecular weight excluding hydrogens is 732 g/mol. The van der Waals surface area contributed by atoms with E-state index in [9.17, 15) is 14.4 Å². The first-order valence-electron chi connectivity index (χ1n) is 17.0. The number of rotatable bonds is 7. The molecule has 4 bridgehead atoms. The van der Waals surface area contributed by atoms with E-state index in [0.717, 1.165) is 32.4 Å². The van der Waals surface area contributed by atoms with Crippen molar-refractivity contribution in [1.29, 1.82) is 0 Å². The average molecular weight is 768 g/mol. The van der Waals surface area contributed by atoms with Crippen molar-refractivity contribution in [3.8, 4) is 17.3 Å². The lowest BCUT2D eigenvalue weighted by atomic mass is 9.72. The van der Waals surface area contributed by atoms with Crippen LogP contribution in [0, 0.1) is 18.8 Å². The first kappa shape index (κ1) is 33.7. The van der Waals surface area contributed by atoms with Crippen LogP contribution in [0.4, 0.5) is 5.69 Å². The van der Waals surface area contributed by atoms with Crippen LogP contribution in [0.5, 0.6) is 5.75 Å². The number of esters is 2. The van der Waals surface area contributed by atoms with Gasteiger partial charge >= 0.3 is 11.9 Å². The molecule has 5 aromatic rings. The van der Waals surface area contributed by atoms with Crippen molar-refractivity contribution in [3.05, 3.63) is 117 Å². The molecule has 0 aliphatic carbocycles. The van der Waals surface area contributed by atoms with Gasteiger partial charge in [0.1, 0.15) is 29.6 Å². The number of anilines is 1. The van der Waals surface area contributed by atoms with E-state index in [0.29, 0.717) is 11.5 Å². The Morgan fingerprint density at radius 1 is 1.02 bits per heavy atom. The lowest BCUT2D eigenvalue weighted by molar-refractivity contribution is -0.148. The normalized spacial score (nSPS) is 21.2. The van der Waals surface area contributed by atoms with Gasteiger partial charge in [0.15, 0.2) is 23.4 Å². The number of nitrogens with zero attached hydrogens (tertiary/aromatic N) is 2. The van der Waals surface area contributed by atoms with Crippen molar-refractivity contribution in [2.45, 2.75) is 57.9 Å². The Balaban J connectivity index is 1.31. The summed E-state index contributed by atoms with van der Waals surface area (Å²) in [6.07, 6.45) is -0.568. The van der Waals surface area contributed by atoms with Crippen molar-refractivity contribution >= 4 is 39.5 Å². The quantitative estimate of drug-likeness (QED) is 0.168. The number of para-hydroxylation sites is 1. The first-order valence-corrected chi connectivity index (χ1v) is 17.8. The zero-order chi connectivity index (χ0) is 36.3.